The van der Waals surface area contributed by atoms with Gasteiger partial charge in [0.15, 0.2) is 0 Å². The maximum absolute atomic E-state index is 3.75. The molecule has 2 aliphatic carbocycles. The molecule has 0 spiro atoms. The molecule has 1 N–H and O–H groups in total. The quantitative estimate of drug-likeness (QED) is 0.833. The van der Waals surface area contributed by atoms with Crippen LogP contribution >= 0.6 is 0 Å². The molecule has 1 aromatic rings. The minimum absolute atomic E-state index is 0.780. The molecule has 1 aromatic carbocycles. The zero-order valence-corrected chi connectivity index (χ0v) is 12.3. The van der Waals surface area contributed by atoms with Crippen LogP contribution in [-0.4, -0.2) is 12.6 Å². The van der Waals surface area contributed by atoms with E-state index in [-0.39, 0.29) is 0 Å². The average Bonchev–Trinajstić information content (AvgIpc) is 3.16. The summed E-state index contributed by atoms with van der Waals surface area (Å²) in [6, 6.07) is 11.9. The van der Waals surface area contributed by atoms with Crippen molar-refractivity contribution in [2.45, 2.75) is 51.5 Å². The normalized spacial score (nSPS) is 37.5. The number of nitrogens with one attached hydrogen (secondary N) is 1. The maximum Gasteiger partial charge on any atom is 0.00955 e. The van der Waals surface area contributed by atoms with Crippen LogP contribution in [0, 0.1) is 17.8 Å². The fraction of sp³-hybridized carbons (Fsp3) is 0.667. The van der Waals surface area contributed by atoms with Crippen LogP contribution in [0.25, 0.3) is 0 Å². The molecule has 0 radical (unpaired) electrons. The Labute approximate surface area is 117 Å². The Kier molecular flexibility index (Phi) is 3.93. The van der Waals surface area contributed by atoms with Crippen molar-refractivity contribution in [2.24, 2.45) is 17.8 Å². The first kappa shape index (κ1) is 13.2. The summed E-state index contributed by atoms with van der Waals surface area (Å²) in [6.45, 7) is 5.93. The third-order valence-electron chi connectivity index (χ3n) is 5.40. The summed E-state index contributed by atoms with van der Waals surface area (Å²) >= 11 is 0. The van der Waals surface area contributed by atoms with Crippen molar-refractivity contribution in [2.75, 3.05) is 6.54 Å². The molecule has 0 aliphatic heterocycles. The number of hydrogen-bond acceptors (Lipinski definition) is 1. The topological polar surface area (TPSA) is 12.0 Å². The van der Waals surface area contributed by atoms with Crippen LogP contribution in [0.1, 0.15) is 51.0 Å². The van der Waals surface area contributed by atoms with Gasteiger partial charge in [-0.1, -0.05) is 44.2 Å². The van der Waals surface area contributed by atoms with E-state index in [4.69, 9.17) is 0 Å². The minimum atomic E-state index is 0.780. The summed E-state index contributed by atoms with van der Waals surface area (Å²) in [5, 5.41) is 3.75. The van der Waals surface area contributed by atoms with Gasteiger partial charge in [0.25, 0.3) is 0 Å². The Morgan fingerprint density at radius 1 is 1.11 bits per heavy atom. The van der Waals surface area contributed by atoms with Gasteiger partial charge in [-0.15, -0.1) is 0 Å². The molecule has 2 fully saturated rings. The highest BCUT2D eigenvalue weighted by molar-refractivity contribution is 5.26. The molecule has 5 unspecified atom stereocenters. The second-order valence-electron chi connectivity index (χ2n) is 6.58. The van der Waals surface area contributed by atoms with Crippen molar-refractivity contribution in [3.63, 3.8) is 0 Å². The summed E-state index contributed by atoms with van der Waals surface area (Å²) in [7, 11) is 0. The summed E-state index contributed by atoms with van der Waals surface area (Å²) in [5.41, 5.74) is 1.57. The van der Waals surface area contributed by atoms with E-state index in [9.17, 15) is 0 Å². The molecule has 1 nitrogen and oxygen atoms in total. The van der Waals surface area contributed by atoms with Gasteiger partial charge in [0.1, 0.15) is 0 Å². The monoisotopic (exact) mass is 257 g/mol. The van der Waals surface area contributed by atoms with E-state index < -0.39 is 0 Å². The van der Waals surface area contributed by atoms with Crippen molar-refractivity contribution in [3.8, 4) is 0 Å². The van der Waals surface area contributed by atoms with Gasteiger partial charge in [-0.05, 0) is 61.5 Å². The molecule has 3 rings (SSSR count). The summed E-state index contributed by atoms with van der Waals surface area (Å²) < 4.78 is 0. The highest BCUT2D eigenvalue weighted by Gasteiger charge is 2.48. The number of rotatable bonds is 5. The van der Waals surface area contributed by atoms with Crippen LogP contribution in [0.4, 0.5) is 0 Å². The van der Waals surface area contributed by atoms with Crippen molar-refractivity contribution in [1.82, 2.24) is 5.32 Å². The van der Waals surface area contributed by atoms with Gasteiger partial charge < -0.3 is 5.32 Å². The fourth-order valence-corrected chi connectivity index (χ4v) is 4.19. The molecule has 0 amide bonds. The first-order chi connectivity index (χ1) is 9.31. The van der Waals surface area contributed by atoms with Crippen LogP contribution in [-0.2, 0) is 0 Å². The van der Waals surface area contributed by atoms with Gasteiger partial charge in [-0.3, -0.25) is 0 Å². The van der Waals surface area contributed by atoms with E-state index in [1.54, 1.807) is 5.56 Å². The highest BCUT2D eigenvalue weighted by Crippen LogP contribution is 2.57. The van der Waals surface area contributed by atoms with E-state index in [0.29, 0.717) is 0 Å². The summed E-state index contributed by atoms with van der Waals surface area (Å²) in [6.07, 6.45) is 5.52. The Hall–Kier alpha value is -0.820. The standard InChI is InChI=1S/C18H27N/c1-3-11-19-18-10-9-15(13(18)2)17-12-16(17)14-7-5-4-6-8-14/h4-8,13,15-19H,3,9-12H2,1-2H3. The maximum atomic E-state index is 3.75. The third-order valence-corrected chi connectivity index (χ3v) is 5.40. The van der Waals surface area contributed by atoms with Crippen molar-refractivity contribution in [1.29, 1.82) is 0 Å². The van der Waals surface area contributed by atoms with Crippen LogP contribution in [0.2, 0.25) is 0 Å². The molecule has 5 atom stereocenters. The Bertz CT molecular complexity index is 399. The van der Waals surface area contributed by atoms with Gasteiger partial charge in [0.05, 0.1) is 0 Å². The zero-order chi connectivity index (χ0) is 13.2. The molecule has 19 heavy (non-hydrogen) atoms. The number of benzene rings is 1. The molecular formula is C18H27N. The molecule has 1 heteroatoms. The van der Waals surface area contributed by atoms with E-state index in [1.807, 2.05) is 0 Å². The lowest BCUT2D eigenvalue weighted by Gasteiger charge is -2.22. The molecule has 0 saturated heterocycles. The van der Waals surface area contributed by atoms with Gasteiger partial charge >= 0.3 is 0 Å². The van der Waals surface area contributed by atoms with E-state index in [0.717, 1.165) is 29.7 Å². The van der Waals surface area contributed by atoms with Crippen LogP contribution in [0.3, 0.4) is 0 Å². The summed E-state index contributed by atoms with van der Waals surface area (Å²) in [5.74, 6) is 3.65. The van der Waals surface area contributed by atoms with E-state index in [1.165, 1.54) is 32.2 Å². The second-order valence-corrected chi connectivity index (χ2v) is 6.58. The van der Waals surface area contributed by atoms with E-state index in [2.05, 4.69) is 49.5 Å². The molecule has 0 aromatic heterocycles. The van der Waals surface area contributed by atoms with Gasteiger partial charge in [0.2, 0.25) is 0 Å². The highest BCUT2D eigenvalue weighted by atomic mass is 14.9. The predicted octanol–water partition coefficient (Wildman–Crippen LogP) is 4.20. The molecule has 2 saturated carbocycles. The van der Waals surface area contributed by atoms with Crippen molar-refractivity contribution in [3.05, 3.63) is 35.9 Å². The second kappa shape index (κ2) is 5.66. The van der Waals surface area contributed by atoms with Crippen molar-refractivity contribution < 1.29 is 0 Å². The van der Waals surface area contributed by atoms with Crippen molar-refractivity contribution >= 4 is 0 Å². The Morgan fingerprint density at radius 2 is 1.89 bits per heavy atom. The van der Waals surface area contributed by atoms with E-state index >= 15 is 0 Å². The minimum Gasteiger partial charge on any atom is -0.314 e. The molecular weight excluding hydrogens is 230 g/mol. The molecule has 0 bridgehead atoms. The Morgan fingerprint density at radius 3 is 2.63 bits per heavy atom. The fourth-order valence-electron chi connectivity index (χ4n) is 4.19. The first-order valence-electron chi connectivity index (χ1n) is 8.09. The van der Waals surface area contributed by atoms with Gasteiger partial charge in [0, 0.05) is 6.04 Å². The lowest BCUT2D eigenvalue weighted by atomic mass is 9.89. The van der Waals surface area contributed by atoms with Crippen LogP contribution in [0.5, 0.6) is 0 Å². The molecule has 2 aliphatic rings. The largest absolute Gasteiger partial charge is 0.314 e. The predicted molar refractivity (Wildman–Crippen MR) is 81.3 cm³/mol. The molecule has 104 valence electrons. The third kappa shape index (κ3) is 2.72. The molecule has 0 heterocycles. The van der Waals surface area contributed by atoms with Gasteiger partial charge in [-0.25, -0.2) is 0 Å². The number of hydrogen-bond donors (Lipinski definition) is 1. The van der Waals surface area contributed by atoms with Crippen LogP contribution in [0.15, 0.2) is 30.3 Å². The zero-order valence-electron chi connectivity index (χ0n) is 12.3. The van der Waals surface area contributed by atoms with Crippen LogP contribution < -0.4 is 5.32 Å². The summed E-state index contributed by atoms with van der Waals surface area (Å²) in [4.78, 5) is 0. The Balaban J connectivity index is 1.57. The average molecular weight is 257 g/mol. The lowest BCUT2D eigenvalue weighted by molar-refractivity contribution is 0.319. The van der Waals surface area contributed by atoms with Gasteiger partial charge in [-0.2, -0.15) is 0 Å². The first-order valence-corrected chi connectivity index (χ1v) is 8.09. The lowest BCUT2D eigenvalue weighted by Crippen LogP contribution is -2.33. The SMILES string of the molecule is CCCNC1CCC(C2CC2c2ccccc2)C1C. The smallest absolute Gasteiger partial charge is 0.00955 e.